The van der Waals surface area contributed by atoms with Crippen molar-refractivity contribution in [3.05, 3.63) is 35.9 Å². The topological polar surface area (TPSA) is 43.1 Å². The minimum atomic E-state index is 0.0268. The summed E-state index contributed by atoms with van der Waals surface area (Å²) in [5.74, 6) is 1.16. The van der Waals surface area contributed by atoms with Gasteiger partial charge in [0.25, 0.3) is 0 Å². The minimum Gasteiger partial charge on any atom is -0.330 e. The lowest BCUT2D eigenvalue weighted by Crippen LogP contribution is -2.14. The van der Waals surface area contributed by atoms with E-state index in [0.717, 1.165) is 17.7 Å². The molecule has 0 aliphatic rings. The zero-order chi connectivity index (χ0) is 11.1. The van der Waals surface area contributed by atoms with Crippen molar-refractivity contribution in [2.45, 2.75) is 18.6 Å². The third-order valence-corrected chi connectivity index (χ3v) is 3.38. The van der Waals surface area contributed by atoms with Crippen molar-refractivity contribution in [2.75, 3.05) is 12.3 Å². The fourth-order valence-corrected chi connectivity index (χ4v) is 2.23. The summed E-state index contributed by atoms with van der Waals surface area (Å²) >= 11 is 1.67. The van der Waals surface area contributed by atoms with Gasteiger partial charge >= 0.3 is 0 Å². The monoisotopic (exact) mass is 223 g/mol. The molecule has 82 valence electrons. The predicted octanol–water partition coefficient (Wildman–Crippen LogP) is 2.34. The second-order valence-corrected chi connectivity index (χ2v) is 4.83. The van der Waals surface area contributed by atoms with Crippen molar-refractivity contribution < 1.29 is 4.79 Å². The number of hydrogen-bond donors (Lipinski definition) is 1. The molecule has 1 aromatic carbocycles. The van der Waals surface area contributed by atoms with Crippen LogP contribution >= 0.6 is 11.8 Å². The van der Waals surface area contributed by atoms with E-state index in [2.05, 4.69) is 0 Å². The van der Waals surface area contributed by atoms with E-state index in [1.54, 1.807) is 11.8 Å². The number of ketones is 1. The number of Topliss-reactive ketones (excluding diaryl/α,β-unsaturated/α-hetero) is 1. The molecule has 3 heteroatoms. The first-order valence-corrected chi connectivity index (χ1v) is 6.21. The highest BCUT2D eigenvalue weighted by atomic mass is 32.2. The molecule has 0 radical (unpaired) electrons. The van der Waals surface area contributed by atoms with Gasteiger partial charge in [-0.25, -0.2) is 0 Å². The number of hydrogen-bond acceptors (Lipinski definition) is 3. The second-order valence-electron chi connectivity index (χ2n) is 3.39. The largest absolute Gasteiger partial charge is 0.330 e. The summed E-state index contributed by atoms with van der Waals surface area (Å²) in [4.78, 5) is 11.9. The highest BCUT2D eigenvalue weighted by Crippen LogP contribution is 2.16. The third kappa shape index (κ3) is 4.06. The molecule has 1 aromatic rings. The molecule has 1 unspecified atom stereocenters. The number of carbonyl (C=O) groups is 1. The molecule has 1 rings (SSSR count). The first-order chi connectivity index (χ1) is 7.25. The van der Waals surface area contributed by atoms with Crippen LogP contribution in [0.3, 0.4) is 0 Å². The predicted molar refractivity (Wildman–Crippen MR) is 66.4 cm³/mol. The highest BCUT2D eigenvalue weighted by molar-refractivity contribution is 8.00. The molecule has 0 bridgehead atoms. The Balaban J connectivity index is 2.46. The number of nitrogens with two attached hydrogens (primary N) is 1. The van der Waals surface area contributed by atoms with Gasteiger partial charge in [0, 0.05) is 5.56 Å². The van der Waals surface area contributed by atoms with Crippen molar-refractivity contribution in [1.29, 1.82) is 0 Å². The van der Waals surface area contributed by atoms with Gasteiger partial charge in [0.1, 0.15) is 0 Å². The van der Waals surface area contributed by atoms with Crippen LogP contribution in [-0.2, 0) is 0 Å². The van der Waals surface area contributed by atoms with Crippen LogP contribution in [0.2, 0.25) is 0 Å². The van der Waals surface area contributed by atoms with Gasteiger partial charge in [-0.05, 0) is 25.6 Å². The first-order valence-electron chi connectivity index (χ1n) is 5.16. The minimum absolute atomic E-state index is 0.0268. The van der Waals surface area contributed by atoms with Crippen molar-refractivity contribution in [3.63, 3.8) is 0 Å². The van der Waals surface area contributed by atoms with Crippen LogP contribution in [0.5, 0.6) is 0 Å². The van der Waals surface area contributed by atoms with Gasteiger partial charge in [0.2, 0.25) is 0 Å². The Morgan fingerprint density at radius 1 is 1.40 bits per heavy atom. The number of thioether (sulfide) groups is 1. The molecule has 0 aliphatic carbocycles. The average Bonchev–Trinajstić information content (AvgIpc) is 2.29. The molecule has 0 fully saturated rings. The Morgan fingerprint density at radius 2 is 2.07 bits per heavy atom. The lowest BCUT2D eigenvalue weighted by atomic mass is 10.1. The van der Waals surface area contributed by atoms with Crippen LogP contribution < -0.4 is 5.73 Å². The Hall–Kier alpha value is -0.800. The van der Waals surface area contributed by atoms with Crippen LogP contribution in [-0.4, -0.2) is 23.3 Å². The summed E-state index contributed by atoms with van der Waals surface area (Å²) in [5, 5.41) is 0.0268. The Morgan fingerprint density at radius 3 is 2.67 bits per heavy atom. The maximum atomic E-state index is 11.9. The first kappa shape index (κ1) is 12.3. The van der Waals surface area contributed by atoms with Crippen LogP contribution in [0.4, 0.5) is 0 Å². The molecule has 1 atom stereocenters. The van der Waals surface area contributed by atoms with Crippen molar-refractivity contribution in [1.82, 2.24) is 0 Å². The maximum absolute atomic E-state index is 11.9. The van der Waals surface area contributed by atoms with Gasteiger partial charge in [-0.15, -0.1) is 0 Å². The van der Waals surface area contributed by atoms with E-state index in [1.165, 1.54) is 0 Å². The summed E-state index contributed by atoms with van der Waals surface area (Å²) in [5.41, 5.74) is 6.20. The van der Waals surface area contributed by atoms with Crippen molar-refractivity contribution in [3.8, 4) is 0 Å². The Bertz CT molecular complexity index is 300. The summed E-state index contributed by atoms with van der Waals surface area (Å²) in [6.45, 7) is 2.65. The SMILES string of the molecule is CC(SCCCN)C(=O)c1ccccc1. The zero-order valence-corrected chi connectivity index (χ0v) is 9.80. The van der Waals surface area contributed by atoms with E-state index in [9.17, 15) is 4.79 Å². The van der Waals surface area contributed by atoms with Gasteiger partial charge in [-0.2, -0.15) is 11.8 Å². The van der Waals surface area contributed by atoms with E-state index in [1.807, 2.05) is 37.3 Å². The van der Waals surface area contributed by atoms with E-state index in [4.69, 9.17) is 5.73 Å². The smallest absolute Gasteiger partial charge is 0.175 e. The molecule has 15 heavy (non-hydrogen) atoms. The maximum Gasteiger partial charge on any atom is 0.175 e. The zero-order valence-electron chi connectivity index (χ0n) is 8.98. The Labute approximate surface area is 95.2 Å². The lowest BCUT2D eigenvalue weighted by molar-refractivity contribution is 0.0994. The van der Waals surface area contributed by atoms with Gasteiger partial charge in [-0.1, -0.05) is 30.3 Å². The molecule has 2 nitrogen and oxygen atoms in total. The Kier molecular flexibility index (Phi) is 5.43. The molecular weight excluding hydrogens is 206 g/mol. The fraction of sp³-hybridized carbons (Fsp3) is 0.417. The van der Waals surface area contributed by atoms with Crippen LogP contribution in [0.15, 0.2) is 30.3 Å². The molecule has 0 aliphatic heterocycles. The van der Waals surface area contributed by atoms with Crippen LogP contribution in [0.1, 0.15) is 23.7 Å². The van der Waals surface area contributed by atoms with Crippen molar-refractivity contribution in [2.24, 2.45) is 5.73 Å². The van der Waals surface area contributed by atoms with Crippen LogP contribution in [0.25, 0.3) is 0 Å². The highest BCUT2D eigenvalue weighted by Gasteiger charge is 2.14. The van der Waals surface area contributed by atoms with Gasteiger partial charge in [-0.3, -0.25) is 4.79 Å². The van der Waals surface area contributed by atoms with Gasteiger partial charge < -0.3 is 5.73 Å². The molecule has 0 heterocycles. The number of benzene rings is 1. The molecule has 0 saturated heterocycles. The van der Waals surface area contributed by atoms with Crippen LogP contribution in [0, 0.1) is 0 Å². The summed E-state index contributed by atoms with van der Waals surface area (Å²) in [6, 6.07) is 9.43. The molecular formula is C12H17NOS. The molecule has 0 spiro atoms. The quantitative estimate of drug-likeness (QED) is 0.594. The number of carbonyl (C=O) groups excluding carboxylic acids is 1. The summed E-state index contributed by atoms with van der Waals surface area (Å²) < 4.78 is 0. The molecule has 0 amide bonds. The van der Waals surface area contributed by atoms with E-state index in [-0.39, 0.29) is 11.0 Å². The van der Waals surface area contributed by atoms with E-state index < -0.39 is 0 Å². The van der Waals surface area contributed by atoms with Crippen molar-refractivity contribution >= 4 is 17.5 Å². The van der Waals surface area contributed by atoms with Gasteiger partial charge in [0.05, 0.1) is 5.25 Å². The molecule has 0 aromatic heterocycles. The summed E-state index contributed by atoms with van der Waals surface area (Å²) in [7, 11) is 0. The molecule has 2 N–H and O–H groups in total. The van der Waals surface area contributed by atoms with E-state index in [0.29, 0.717) is 6.54 Å². The third-order valence-electron chi connectivity index (χ3n) is 2.14. The standard InChI is InChI=1S/C12H17NOS/c1-10(15-9-5-8-13)12(14)11-6-3-2-4-7-11/h2-4,6-7,10H,5,8-9,13H2,1H3. The van der Waals surface area contributed by atoms with E-state index >= 15 is 0 Å². The normalized spacial score (nSPS) is 12.4. The second kappa shape index (κ2) is 6.64. The average molecular weight is 223 g/mol. The fourth-order valence-electron chi connectivity index (χ4n) is 1.26. The summed E-state index contributed by atoms with van der Waals surface area (Å²) in [6.07, 6.45) is 0.969. The lowest BCUT2D eigenvalue weighted by Gasteiger charge is -2.09. The number of rotatable bonds is 6. The molecule has 0 saturated carbocycles. The van der Waals surface area contributed by atoms with Gasteiger partial charge in [0.15, 0.2) is 5.78 Å².